The molecule has 1 heterocycles. The maximum Gasteiger partial charge on any atom is 0.254 e. The molecule has 0 saturated carbocycles. The van der Waals surface area contributed by atoms with Crippen molar-refractivity contribution in [1.29, 1.82) is 0 Å². The maximum atomic E-state index is 14.3. The topological polar surface area (TPSA) is 32.8 Å². The zero-order valence-electron chi connectivity index (χ0n) is 17.1. The number of morpholine rings is 1. The Bertz CT molecular complexity index is 996. The first-order chi connectivity index (χ1) is 14.7. The molecule has 3 aromatic rings. The van der Waals surface area contributed by atoms with E-state index in [0.717, 1.165) is 50.0 Å². The molecule has 1 saturated heterocycles. The van der Waals surface area contributed by atoms with Crippen molar-refractivity contribution in [1.82, 2.24) is 9.80 Å². The van der Waals surface area contributed by atoms with Gasteiger partial charge in [0.1, 0.15) is 5.82 Å². The first-order valence-corrected chi connectivity index (χ1v) is 10.5. The molecule has 0 N–H and O–H groups in total. The molecule has 0 bridgehead atoms. The van der Waals surface area contributed by atoms with Gasteiger partial charge in [0.25, 0.3) is 5.91 Å². The summed E-state index contributed by atoms with van der Waals surface area (Å²) in [5.41, 5.74) is 1.20. The van der Waals surface area contributed by atoms with E-state index in [1.165, 1.54) is 6.07 Å². The van der Waals surface area contributed by atoms with Gasteiger partial charge in [-0.2, -0.15) is 0 Å². The zero-order chi connectivity index (χ0) is 20.8. The van der Waals surface area contributed by atoms with Crippen LogP contribution in [0.15, 0.2) is 66.7 Å². The van der Waals surface area contributed by atoms with Gasteiger partial charge in [0, 0.05) is 43.9 Å². The molecule has 1 amide bonds. The van der Waals surface area contributed by atoms with Gasteiger partial charge in [-0.3, -0.25) is 9.69 Å². The lowest BCUT2D eigenvalue weighted by molar-refractivity contribution is 0.0355. The van der Waals surface area contributed by atoms with Crippen LogP contribution >= 0.6 is 0 Å². The van der Waals surface area contributed by atoms with E-state index < -0.39 is 0 Å². The molecule has 3 aromatic carbocycles. The molecule has 5 heteroatoms. The SMILES string of the molecule is O=C(c1cccc2ccccc12)N(CCCN1CCOCC1)Cc1ccccc1F. The van der Waals surface area contributed by atoms with Gasteiger partial charge in [-0.1, -0.05) is 54.6 Å². The lowest BCUT2D eigenvalue weighted by Crippen LogP contribution is -2.39. The number of hydrogen-bond donors (Lipinski definition) is 0. The molecule has 30 heavy (non-hydrogen) atoms. The Balaban J connectivity index is 1.55. The van der Waals surface area contributed by atoms with Gasteiger partial charge < -0.3 is 9.64 Å². The molecule has 4 rings (SSSR count). The molecular weight excluding hydrogens is 379 g/mol. The molecular formula is C25H27FN2O2. The average Bonchev–Trinajstić information content (AvgIpc) is 2.79. The second-order valence-corrected chi connectivity index (χ2v) is 7.65. The Labute approximate surface area is 176 Å². The molecule has 0 unspecified atom stereocenters. The summed E-state index contributed by atoms with van der Waals surface area (Å²) < 4.78 is 19.7. The number of carbonyl (C=O) groups excluding carboxylic acids is 1. The van der Waals surface area contributed by atoms with E-state index in [4.69, 9.17) is 4.74 Å². The zero-order valence-corrected chi connectivity index (χ0v) is 17.1. The minimum atomic E-state index is -0.276. The predicted octanol–water partition coefficient (Wildman–Crippen LogP) is 4.34. The minimum absolute atomic E-state index is 0.0583. The van der Waals surface area contributed by atoms with Crippen molar-refractivity contribution in [2.75, 3.05) is 39.4 Å². The van der Waals surface area contributed by atoms with Gasteiger partial charge in [0.05, 0.1) is 13.2 Å². The highest BCUT2D eigenvalue weighted by Gasteiger charge is 2.20. The summed E-state index contributed by atoms with van der Waals surface area (Å²) in [5.74, 6) is -0.335. The van der Waals surface area contributed by atoms with Crippen molar-refractivity contribution in [3.8, 4) is 0 Å². The number of amides is 1. The molecule has 156 valence electrons. The van der Waals surface area contributed by atoms with Crippen molar-refractivity contribution < 1.29 is 13.9 Å². The Hall–Kier alpha value is -2.76. The quantitative estimate of drug-likeness (QED) is 0.585. The summed E-state index contributed by atoms with van der Waals surface area (Å²) >= 11 is 0. The van der Waals surface area contributed by atoms with Crippen LogP contribution in [0.1, 0.15) is 22.3 Å². The molecule has 0 radical (unpaired) electrons. The summed E-state index contributed by atoms with van der Waals surface area (Å²) in [6, 6.07) is 20.3. The number of ether oxygens (including phenoxy) is 1. The second-order valence-electron chi connectivity index (χ2n) is 7.65. The van der Waals surface area contributed by atoms with E-state index in [0.29, 0.717) is 17.7 Å². The molecule has 1 aliphatic heterocycles. The van der Waals surface area contributed by atoms with E-state index in [9.17, 15) is 9.18 Å². The summed E-state index contributed by atoms with van der Waals surface area (Å²) in [6.07, 6.45) is 0.838. The molecule has 0 aliphatic carbocycles. The molecule has 4 nitrogen and oxygen atoms in total. The standard InChI is InChI=1S/C25H27FN2O2/c26-24-12-4-2-8-21(24)19-28(14-6-13-27-15-17-30-18-16-27)25(29)23-11-5-9-20-7-1-3-10-22(20)23/h1-5,7-12H,6,13-19H2. The Morgan fingerprint density at radius 1 is 0.967 bits per heavy atom. The Kier molecular flexibility index (Phi) is 6.72. The van der Waals surface area contributed by atoms with Crippen LogP contribution < -0.4 is 0 Å². The summed E-state index contributed by atoms with van der Waals surface area (Å²) in [7, 11) is 0. The summed E-state index contributed by atoms with van der Waals surface area (Å²) in [5, 5.41) is 1.96. The number of carbonyl (C=O) groups is 1. The number of rotatable bonds is 7. The fourth-order valence-electron chi connectivity index (χ4n) is 3.98. The predicted molar refractivity (Wildman–Crippen MR) is 117 cm³/mol. The number of benzene rings is 3. The van der Waals surface area contributed by atoms with Crippen LogP contribution in [0, 0.1) is 5.82 Å². The molecule has 0 atom stereocenters. The van der Waals surface area contributed by atoms with Gasteiger partial charge in [0.15, 0.2) is 0 Å². The molecule has 1 fully saturated rings. The van der Waals surface area contributed by atoms with Gasteiger partial charge >= 0.3 is 0 Å². The third-order valence-electron chi connectivity index (χ3n) is 5.63. The van der Waals surface area contributed by atoms with Crippen molar-refractivity contribution in [2.45, 2.75) is 13.0 Å². The highest BCUT2D eigenvalue weighted by molar-refractivity contribution is 6.07. The van der Waals surface area contributed by atoms with Crippen molar-refractivity contribution in [3.63, 3.8) is 0 Å². The second kappa shape index (κ2) is 9.83. The smallest absolute Gasteiger partial charge is 0.254 e. The van der Waals surface area contributed by atoms with Gasteiger partial charge in [-0.25, -0.2) is 4.39 Å². The first kappa shape index (κ1) is 20.5. The van der Waals surface area contributed by atoms with Crippen LogP contribution in [0.2, 0.25) is 0 Å². The maximum absolute atomic E-state index is 14.3. The molecule has 1 aliphatic rings. The van der Waals surface area contributed by atoms with Crippen molar-refractivity contribution in [3.05, 3.63) is 83.7 Å². The normalized spacial score (nSPS) is 14.7. The molecule has 0 aromatic heterocycles. The highest BCUT2D eigenvalue weighted by Crippen LogP contribution is 2.21. The van der Waals surface area contributed by atoms with Crippen molar-refractivity contribution in [2.24, 2.45) is 0 Å². The largest absolute Gasteiger partial charge is 0.379 e. The van der Waals surface area contributed by atoms with Crippen LogP contribution in [-0.2, 0) is 11.3 Å². The van der Waals surface area contributed by atoms with E-state index in [1.54, 1.807) is 17.0 Å². The highest BCUT2D eigenvalue weighted by atomic mass is 19.1. The molecule has 0 spiro atoms. The van der Waals surface area contributed by atoms with Crippen LogP contribution in [0.5, 0.6) is 0 Å². The summed E-state index contributed by atoms with van der Waals surface area (Å²) in [4.78, 5) is 17.7. The first-order valence-electron chi connectivity index (χ1n) is 10.5. The third kappa shape index (κ3) is 4.86. The number of halogens is 1. The van der Waals surface area contributed by atoms with Crippen LogP contribution in [-0.4, -0.2) is 55.1 Å². The van der Waals surface area contributed by atoms with E-state index >= 15 is 0 Å². The van der Waals surface area contributed by atoms with Crippen LogP contribution in [0.25, 0.3) is 10.8 Å². The lowest BCUT2D eigenvalue weighted by atomic mass is 10.0. The average molecular weight is 407 g/mol. The van der Waals surface area contributed by atoms with Crippen molar-refractivity contribution >= 4 is 16.7 Å². The Morgan fingerprint density at radius 2 is 1.70 bits per heavy atom. The monoisotopic (exact) mass is 406 g/mol. The van der Waals surface area contributed by atoms with E-state index in [1.807, 2.05) is 48.5 Å². The van der Waals surface area contributed by atoms with E-state index in [-0.39, 0.29) is 18.3 Å². The van der Waals surface area contributed by atoms with Gasteiger partial charge in [0.2, 0.25) is 0 Å². The van der Waals surface area contributed by atoms with E-state index in [2.05, 4.69) is 4.90 Å². The summed E-state index contributed by atoms with van der Waals surface area (Å²) in [6.45, 7) is 5.10. The van der Waals surface area contributed by atoms with Gasteiger partial charge in [-0.15, -0.1) is 0 Å². The van der Waals surface area contributed by atoms with Crippen LogP contribution in [0.3, 0.4) is 0 Å². The van der Waals surface area contributed by atoms with Crippen LogP contribution in [0.4, 0.5) is 4.39 Å². The number of hydrogen-bond acceptors (Lipinski definition) is 3. The third-order valence-corrected chi connectivity index (χ3v) is 5.63. The lowest BCUT2D eigenvalue weighted by Gasteiger charge is -2.28. The number of fused-ring (bicyclic) bond motifs is 1. The van der Waals surface area contributed by atoms with Gasteiger partial charge in [-0.05, 0) is 29.3 Å². The minimum Gasteiger partial charge on any atom is -0.379 e. The Morgan fingerprint density at radius 3 is 2.53 bits per heavy atom. The fraction of sp³-hybridized carbons (Fsp3) is 0.320. The fourth-order valence-corrected chi connectivity index (χ4v) is 3.98. The number of nitrogens with zero attached hydrogens (tertiary/aromatic N) is 2.